The number of hydrogen-bond acceptors (Lipinski definition) is 10. The smallest absolute Gasteiger partial charge is 0.305 e. The van der Waals surface area contributed by atoms with Crippen LogP contribution in [0.15, 0.2) is 0 Å². The van der Waals surface area contributed by atoms with Crippen LogP contribution in [0.25, 0.3) is 0 Å². The average molecular weight is 366 g/mol. The van der Waals surface area contributed by atoms with Gasteiger partial charge in [0.15, 0.2) is 12.4 Å². The van der Waals surface area contributed by atoms with Gasteiger partial charge < -0.3 is 39.4 Å². The molecule has 1 rings (SSSR count). The van der Waals surface area contributed by atoms with Crippen molar-refractivity contribution in [3.63, 3.8) is 0 Å². The lowest BCUT2D eigenvalue weighted by atomic mass is 9.99. The van der Waals surface area contributed by atoms with Gasteiger partial charge in [0.25, 0.3) is 0 Å². The summed E-state index contributed by atoms with van der Waals surface area (Å²) in [6, 6.07) is 0. The first kappa shape index (κ1) is 21.7. The summed E-state index contributed by atoms with van der Waals surface area (Å²) in [7, 11) is 0. The average Bonchev–Trinajstić information content (AvgIpc) is 2.62. The zero-order valence-corrected chi connectivity index (χ0v) is 14.2. The van der Waals surface area contributed by atoms with E-state index in [0.717, 1.165) is 0 Å². The second kappa shape index (κ2) is 10.6. The van der Waals surface area contributed by atoms with Crippen LogP contribution >= 0.6 is 0 Å². The summed E-state index contributed by atoms with van der Waals surface area (Å²) in [5.41, 5.74) is 0. The normalized spacial score (nSPS) is 30.6. The van der Waals surface area contributed by atoms with Gasteiger partial charge in [-0.15, -0.1) is 0 Å². The van der Waals surface area contributed by atoms with Crippen molar-refractivity contribution >= 4 is 11.9 Å². The van der Waals surface area contributed by atoms with Crippen LogP contribution in [0.4, 0.5) is 0 Å². The molecule has 25 heavy (non-hydrogen) atoms. The van der Waals surface area contributed by atoms with E-state index >= 15 is 0 Å². The number of carbonyl (C=O) groups is 2. The van der Waals surface area contributed by atoms with Crippen LogP contribution in [-0.4, -0.2) is 89.0 Å². The lowest BCUT2D eigenvalue weighted by molar-refractivity contribution is -0.305. The van der Waals surface area contributed by atoms with E-state index in [-0.39, 0.29) is 26.1 Å². The highest BCUT2D eigenvalue weighted by atomic mass is 16.7. The van der Waals surface area contributed by atoms with Crippen molar-refractivity contribution in [2.45, 2.75) is 63.5 Å². The fraction of sp³-hybridized carbons (Fsp3) is 0.867. The molecule has 0 aliphatic carbocycles. The maximum Gasteiger partial charge on any atom is 0.305 e. The molecule has 0 aromatic heterocycles. The standard InChI is InChI=1S/C15H26O10/c1-3-10(17)22-6-8(24-11(18)4-2)7-23-15-14(21)13(20)12(19)9(5-16)25-15/h8-9,12-16,19-21H,3-7H2,1-2H3/t8-,9-,12+,13+,14-,15-/m1/s1. The Morgan fingerprint density at radius 2 is 1.64 bits per heavy atom. The highest BCUT2D eigenvalue weighted by molar-refractivity contribution is 5.70. The van der Waals surface area contributed by atoms with Gasteiger partial charge >= 0.3 is 11.9 Å². The molecule has 0 aromatic rings. The van der Waals surface area contributed by atoms with Gasteiger partial charge in [0.1, 0.15) is 31.0 Å². The van der Waals surface area contributed by atoms with Crippen molar-refractivity contribution in [3.8, 4) is 0 Å². The van der Waals surface area contributed by atoms with Gasteiger partial charge in [-0.3, -0.25) is 9.59 Å². The molecule has 0 radical (unpaired) electrons. The minimum atomic E-state index is -1.58. The molecule has 0 unspecified atom stereocenters. The molecule has 10 nitrogen and oxygen atoms in total. The fourth-order valence-electron chi connectivity index (χ4n) is 2.08. The number of esters is 2. The third-order valence-electron chi connectivity index (χ3n) is 3.60. The SMILES string of the molecule is CCC(=O)OC[C@H](CO[C@@H]1O[C@H](CO)[C@H](O)[C@H](O)[C@H]1O)OC(=O)CC. The zero-order chi connectivity index (χ0) is 19.0. The summed E-state index contributed by atoms with van der Waals surface area (Å²) in [4.78, 5) is 22.7. The molecule has 4 N–H and O–H groups in total. The van der Waals surface area contributed by atoms with Gasteiger partial charge in [-0.05, 0) is 0 Å². The molecule has 1 aliphatic rings. The van der Waals surface area contributed by atoms with E-state index in [1.807, 2.05) is 0 Å². The second-order valence-electron chi connectivity index (χ2n) is 5.53. The Morgan fingerprint density at radius 1 is 1.00 bits per heavy atom. The molecule has 1 heterocycles. The summed E-state index contributed by atoms with van der Waals surface area (Å²) in [5, 5.41) is 38.4. The van der Waals surface area contributed by atoms with Crippen molar-refractivity contribution in [1.82, 2.24) is 0 Å². The van der Waals surface area contributed by atoms with Gasteiger partial charge in [0, 0.05) is 12.8 Å². The van der Waals surface area contributed by atoms with E-state index in [9.17, 15) is 24.9 Å². The van der Waals surface area contributed by atoms with E-state index in [0.29, 0.717) is 0 Å². The molecule has 6 atom stereocenters. The number of aliphatic hydroxyl groups excluding tert-OH is 4. The van der Waals surface area contributed by atoms with Crippen LogP contribution in [-0.2, 0) is 28.5 Å². The molecule has 1 aliphatic heterocycles. The van der Waals surface area contributed by atoms with Crippen LogP contribution in [0.2, 0.25) is 0 Å². The second-order valence-corrected chi connectivity index (χ2v) is 5.53. The van der Waals surface area contributed by atoms with Gasteiger partial charge in [0.05, 0.1) is 13.2 Å². The summed E-state index contributed by atoms with van der Waals surface area (Å²) >= 11 is 0. The summed E-state index contributed by atoms with van der Waals surface area (Å²) < 4.78 is 20.5. The van der Waals surface area contributed by atoms with Crippen LogP contribution in [0.3, 0.4) is 0 Å². The highest BCUT2D eigenvalue weighted by Gasteiger charge is 2.44. The Hall–Kier alpha value is -1.30. The predicted octanol–water partition coefficient (Wildman–Crippen LogP) is -1.92. The Labute approximate surface area is 145 Å². The Morgan fingerprint density at radius 3 is 2.20 bits per heavy atom. The van der Waals surface area contributed by atoms with Crippen molar-refractivity contribution in [3.05, 3.63) is 0 Å². The molecule has 0 saturated carbocycles. The first-order chi connectivity index (χ1) is 11.8. The third kappa shape index (κ3) is 6.49. The number of carbonyl (C=O) groups excluding carboxylic acids is 2. The van der Waals surface area contributed by atoms with E-state index in [4.69, 9.17) is 24.1 Å². The summed E-state index contributed by atoms with van der Waals surface area (Å²) in [6.45, 7) is 2.09. The van der Waals surface area contributed by atoms with Crippen molar-refractivity contribution in [2.75, 3.05) is 19.8 Å². The quantitative estimate of drug-likeness (QED) is 0.340. The molecule has 10 heteroatoms. The first-order valence-electron chi connectivity index (χ1n) is 8.11. The maximum atomic E-state index is 11.4. The fourth-order valence-corrected chi connectivity index (χ4v) is 2.08. The molecule has 146 valence electrons. The third-order valence-corrected chi connectivity index (χ3v) is 3.60. The van der Waals surface area contributed by atoms with E-state index in [2.05, 4.69) is 0 Å². The van der Waals surface area contributed by atoms with Crippen LogP contribution < -0.4 is 0 Å². The Bertz CT molecular complexity index is 427. The lowest BCUT2D eigenvalue weighted by Crippen LogP contribution is -2.59. The van der Waals surface area contributed by atoms with Crippen LogP contribution in [0.5, 0.6) is 0 Å². The van der Waals surface area contributed by atoms with Gasteiger partial charge in [0.2, 0.25) is 0 Å². The van der Waals surface area contributed by atoms with Crippen LogP contribution in [0.1, 0.15) is 26.7 Å². The van der Waals surface area contributed by atoms with E-state index in [1.165, 1.54) is 0 Å². The largest absolute Gasteiger partial charge is 0.462 e. The Balaban J connectivity index is 2.63. The number of hydrogen-bond donors (Lipinski definition) is 4. The minimum Gasteiger partial charge on any atom is -0.462 e. The van der Waals surface area contributed by atoms with Gasteiger partial charge in [-0.2, -0.15) is 0 Å². The lowest BCUT2D eigenvalue weighted by Gasteiger charge is -2.39. The monoisotopic (exact) mass is 366 g/mol. The van der Waals surface area contributed by atoms with Gasteiger partial charge in [-0.1, -0.05) is 13.8 Å². The minimum absolute atomic E-state index is 0.109. The van der Waals surface area contributed by atoms with E-state index in [1.54, 1.807) is 13.8 Å². The summed E-state index contributed by atoms with van der Waals surface area (Å²) in [5.74, 6) is -1.01. The molecule has 1 saturated heterocycles. The van der Waals surface area contributed by atoms with Gasteiger partial charge in [-0.25, -0.2) is 0 Å². The molecule has 0 bridgehead atoms. The van der Waals surface area contributed by atoms with Crippen LogP contribution in [0, 0.1) is 0 Å². The zero-order valence-electron chi connectivity index (χ0n) is 14.2. The molecular weight excluding hydrogens is 340 g/mol. The molecule has 0 amide bonds. The number of aliphatic hydroxyl groups is 4. The van der Waals surface area contributed by atoms with E-state index < -0.39 is 55.4 Å². The van der Waals surface area contributed by atoms with Crippen molar-refractivity contribution in [1.29, 1.82) is 0 Å². The molecular formula is C15H26O10. The predicted molar refractivity (Wildman–Crippen MR) is 81.1 cm³/mol. The number of ether oxygens (including phenoxy) is 4. The van der Waals surface area contributed by atoms with Crippen molar-refractivity contribution < 1.29 is 49.0 Å². The number of rotatable bonds is 9. The topological polar surface area (TPSA) is 152 Å². The van der Waals surface area contributed by atoms with Crippen molar-refractivity contribution in [2.24, 2.45) is 0 Å². The summed E-state index contributed by atoms with van der Waals surface area (Å²) in [6.07, 6.45) is -7.79. The molecule has 1 fully saturated rings. The molecule has 0 aromatic carbocycles. The highest BCUT2D eigenvalue weighted by Crippen LogP contribution is 2.22. The Kier molecular flexibility index (Phi) is 9.25. The first-order valence-corrected chi connectivity index (χ1v) is 8.11. The maximum absolute atomic E-state index is 11.4. The molecule has 0 spiro atoms.